The number of carbonyl (C=O) groups is 1. The van der Waals surface area contributed by atoms with Crippen molar-refractivity contribution < 1.29 is 23.8 Å². The fourth-order valence-corrected chi connectivity index (χ4v) is 3.55. The van der Waals surface area contributed by atoms with Gasteiger partial charge in [-0.2, -0.15) is 0 Å². The Balaban J connectivity index is 1.66. The molecule has 1 fully saturated rings. The van der Waals surface area contributed by atoms with Crippen LogP contribution in [0.3, 0.4) is 0 Å². The van der Waals surface area contributed by atoms with E-state index < -0.39 is 5.95 Å². The van der Waals surface area contributed by atoms with Crippen molar-refractivity contribution in [2.45, 2.75) is 25.4 Å². The maximum Gasteiger partial charge on any atom is 0.259 e. The fraction of sp³-hybridized carbons (Fsp3) is 0.250. The first-order valence-electron chi connectivity index (χ1n) is 8.96. The standard InChI is InChI=1S/C20H17Cl2N3O4/c1-28-15-7-5-14(6-8-15)25-18(20(27)29-23-25)11-24(13-3-4-13)19(26)16-9-2-12(21)10-17(16)22/h2,5-10,13H,3-4,11H2,1H3. The smallest absolute Gasteiger partial charge is 0.259 e. The van der Waals surface area contributed by atoms with E-state index in [1.165, 1.54) is 10.7 Å². The molecule has 1 aromatic heterocycles. The van der Waals surface area contributed by atoms with E-state index in [4.69, 9.17) is 32.5 Å². The van der Waals surface area contributed by atoms with Gasteiger partial charge in [0, 0.05) is 23.2 Å². The van der Waals surface area contributed by atoms with Gasteiger partial charge in [0.1, 0.15) is 12.3 Å². The van der Waals surface area contributed by atoms with Crippen molar-refractivity contribution in [3.05, 3.63) is 63.8 Å². The summed E-state index contributed by atoms with van der Waals surface area (Å²) in [4.78, 5) is 14.8. The van der Waals surface area contributed by atoms with Gasteiger partial charge in [0.2, 0.25) is 5.69 Å². The molecule has 0 atom stereocenters. The molecule has 3 aromatic rings. The number of amides is 1. The summed E-state index contributed by atoms with van der Waals surface area (Å²) in [5.74, 6) is -0.188. The predicted molar refractivity (Wildman–Crippen MR) is 103 cm³/mol. The van der Waals surface area contributed by atoms with Crippen LogP contribution in [0.15, 0.2) is 47.0 Å². The Hall–Kier alpha value is -2.77. The molecular weight excluding hydrogens is 417 g/mol. The summed E-state index contributed by atoms with van der Waals surface area (Å²) in [5.41, 5.74) is 1.21. The lowest BCUT2D eigenvalue weighted by atomic mass is 10.2. The minimum atomic E-state index is -0.596. The van der Waals surface area contributed by atoms with Gasteiger partial charge in [-0.3, -0.25) is 4.79 Å². The molecule has 0 unspecified atom stereocenters. The molecule has 1 heterocycles. The highest BCUT2D eigenvalue weighted by Crippen LogP contribution is 2.32. The molecule has 1 amide bonds. The van der Waals surface area contributed by atoms with Crippen LogP contribution in [0.4, 0.5) is 0 Å². The molecule has 0 saturated heterocycles. The second kappa shape index (κ2) is 7.93. The third-order valence-electron chi connectivity index (χ3n) is 4.74. The highest BCUT2D eigenvalue weighted by atomic mass is 35.5. The summed E-state index contributed by atoms with van der Waals surface area (Å²) in [6.07, 6.45) is 1.72. The van der Waals surface area contributed by atoms with Crippen molar-refractivity contribution in [1.29, 1.82) is 0 Å². The highest BCUT2D eigenvalue weighted by molar-refractivity contribution is 6.36. The third-order valence-corrected chi connectivity index (χ3v) is 5.29. The van der Waals surface area contributed by atoms with Crippen molar-refractivity contribution >= 4 is 29.1 Å². The molecule has 0 N–H and O–H groups in total. The molecule has 0 radical (unpaired) electrons. The predicted octanol–water partition coefficient (Wildman–Crippen LogP) is 3.15. The molecule has 2 aromatic carbocycles. The van der Waals surface area contributed by atoms with E-state index in [2.05, 4.69) is 5.27 Å². The monoisotopic (exact) mass is 433 g/mol. The molecule has 7 nitrogen and oxygen atoms in total. The van der Waals surface area contributed by atoms with Crippen LogP contribution in [0.5, 0.6) is 11.7 Å². The van der Waals surface area contributed by atoms with Gasteiger partial charge in [-0.15, -0.1) is 0 Å². The van der Waals surface area contributed by atoms with Gasteiger partial charge < -0.3 is 19.3 Å². The fourth-order valence-electron chi connectivity index (χ4n) is 3.06. The largest absolute Gasteiger partial charge is 0.539 e. The zero-order valence-electron chi connectivity index (χ0n) is 15.5. The topological polar surface area (TPSA) is 82.5 Å². The van der Waals surface area contributed by atoms with Crippen molar-refractivity contribution in [3.63, 3.8) is 0 Å². The molecule has 4 rings (SSSR count). The summed E-state index contributed by atoms with van der Waals surface area (Å²) in [6.45, 7) is 0.0524. The average Bonchev–Trinajstić information content (AvgIpc) is 3.49. The van der Waals surface area contributed by atoms with Gasteiger partial charge in [0.15, 0.2) is 5.95 Å². The molecule has 0 aliphatic heterocycles. The van der Waals surface area contributed by atoms with E-state index in [1.54, 1.807) is 48.4 Å². The van der Waals surface area contributed by atoms with Gasteiger partial charge in [-0.05, 0) is 47.9 Å². The number of aromatic nitrogens is 2. The van der Waals surface area contributed by atoms with Crippen LogP contribution < -0.4 is 14.5 Å². The first-order valence-corrected chi connectivity index (χ1v) is 9.72. The van der Waals surface area contributed by atoms with Gasteiger partial charge in [-0.25, -0.2) is 0 Å². The Bertz CT molecular complexity index is 1050. The molecule has 1 saturated carbocycles. The zero-order valence-corrected chi connectivity index (χ0v) is 17.0. The van der Waals surface area contributed by atoms with Crippen molar-refractivity contribution in [1.82, 2.24) is 10.2 Å². The quantitative estimate of drug-likeness (QED) is 0.557. The first-order chi connectivity index (χ1) is 14.0. The number of rotatable bonds is 6. The SMILES string of the molecule is COc1ccc(-[n+]2noc([O-])c2CN(C(=O)c2ccc(Cl)cc2Cl)C2CC2)cc1. The summed E-state index contributed by atoms with van der Waals surface area (Å²) >= 11 is 12.2. The minimum absolute atomic E-state index is 0.0351. The number of ether oxygens (including phenoxy) is 1. The minimum Gasteiger partial charge on any atom is -0.539 e. The van der Waals surface area contributed by atoms with Crippen LogP contribution in [-0.4, -0.2) is 29.2 Å². The van der Waals surface area contributed by atoms with Crippen LogP contribution in [-0.2, 0) is 6.54 Å². The van der Waals surface area contributed by atoms with Crippen molar-refractivity contribution in [3.8, 4) is 17.4 Å². The van der Waals surface area contributed by atoms with E-state index in [9.17, 15) is 9.90 Å². The second-order valence-corrected chi connectivity index (χ2v) is 7.55. The lowest BCUT2D eigenvalue weighted by Crippen LogP contribution is -2.42. The Morgan fingerprint density at radius 3 is 2.62 bits per heavy atom. The van der Waals surface area contributed by atoms with Crippen molar-refractivity contribution in [2.75, 3.05) is 7.11 Å². The van der Waals surface area contributed by atoms with Gasteiger partial charge in [0.05, 0.1) is 23.0 Å². The summed E-state index contributed by atoms with van der Waals surface area (Å²) < 4.78 is 11.4. The first kappa shape index (κ1) is 19.5. The normalized spacial score (nSPS) is 13.3. The molecule has 0 bridgehead atoms. The molecule has 9 heteroatoms. The molecule has 1 aliphatic rings. The Morgan fingerprint density at radius 1 is 1.28 bits per heavy atom. The number of nitrogens with zero attached hydrogens (tertiary/aromatic N) is 3. The number of carbonyl (C=O) groups excluding carboxylic acids is 1. The summed E-state index contributed by atoms with van der Waals surface area (Å²) in [5, 5.41) is 16.9. The number of methoxy groups -OCH3 is 1. The number of benzene rings is 2. The van der Waals surface area contributed by atoms with E-state index in [1.807, 2.05) is 0 Å². The Morgan fingerprint density at radius 2 is 2.00 bits per heavy atom. The highest BCUT2D eigenvalue weighted by Gasteiger charge is 2.37. The maximum atomic E-state index is 13.1. The van der Waals surface area contributed by atoms with Gasteiger partial charge in [0.25, 0.3) is 11.6 Å². The van der Waals surface area contributed by atoms with Crippen LogP contribution >= 0.6 is 23.2 Å². The van der Waals surface area contributed by atoms with E-state index >= 15 is 0 Å². The lowest BCUT2D eigenvalue weighted by molar-refractivity contribution is -0.678. The van der Waals surface area contributed by atoms with E-state index in [0.29, 0.717) is 22.0 Å². The number of halogens is 2. The second-order valence-electron chi connectivity index (χ2n) is 6.71. The maximum absolute atomic E-state index is 13.1. The number of hydrogen-bond donors (Lipinski definition) is 0. The molecular formula is C20H17Cl2N3O4. The average molecular weight is 434 g/mol. The summed E-state index contributed by atoms with van der Waals surface area (Å²) in [7, 11) is 1.57. The zero-order chi connectivity index (χ0) is 20.5. The number of hydrogen-bond acceptors (Lipinski definition) is 5. The van der Waals surface area contributed by atoms with E-state index in [-0.39, 0.29) is 29.2 Å². The van der Waals surface area contributed by atoms with E-state index in [0.717, 1.165) is 12.8 Å². The lowest BCUT2D eigenvalue weighted by Gasteiger charge is -2.21. The van der Waals surface area contributed by atoms with Crippen LogP contribution in [0.1, 0.15) is 28.9 Å². The van der Waals surface area contributed by atoms with Crippen molar-refractivity contribution in [2.24, 2.45) is 0 Å². The summed E-state index contributed by atoms with van der Waals surface area (Å²) in [6, 6.07) is 11.8. The Kier molecular flexibility index (Phi) is 5.34. The molecule has 150 valence electrons. The van der Waals surface area contributed by atoms with Crippen LogP contribution in [0.25, 0.3) is 5.69 Å². The van der Waals surface area contributed by atoms with Gasteiger partial charge in [-0.1, -0.05) is 23.2 Å². The third kappa shape index (κ3) is 4.02. The Labute approximate surface area is 177 Å². The molecule has 29 heavy (non-hydrogen) atoms. The van der Waals surface area contributed by atoms with Crippen LogP contribution in [0, 0.1) is 0 Å². The molecule has 1 aliphatic carbocycles. The van der Waals surface area contributed by atoms with Gasteiger partial charge >= 0.3 is 0 Å². The van der Waals surface area contributed by atoms with Crippen LogP contribution in [0.2, 0.25) is 10.0 Å². The molecule has 0 spiro atoms.